The van der Waals surface area contributed by atoms with E-state index in [0.717, 1.165) is 36.6 Å². The Morgan fingerprint density at radius 2 is 2.09 bits per heavy atom. The van der Waals surface area contributed by atoms with Gasteiger partial charge in [-0.3, -0.25) is 9.69 Å². The summed E-state index contributed by atoms with van der Waals surface area (Å²) in [6, 6.07) is 9.39. The highest BCUT2D eigenvalue weighted by Gasteiger charge is 2.47. The van der Waals surface area contributed by atoms with Crippen LogP contribution in [0.3, 0.4) is 0 Å². The second kappa shape index (κ2) is 8.35. The fraction of sp³-hybridized carbons (Fsp3) is 0.593. The van der Waals surface area contributed by atoms with Gasteiger partial charge in [-0.15, -0.1) is 0 Å². The van der Waals surface area contributed by atoms with Gasteiger partial charge < -0.3 is 14.2 Å². The Labute approximate surface area is 191 Å². The Morgan fingerprint density at radius 1 is 1.16 bits per heavy atom. The Bertz CT molecular complexity index is 1040. The van der Waals surface area contributed by atoms with Crippen molar-refractivity contribution in [2.75, 3.05) is 33.4 Å². The number of fused-ring (bicyclic) bond motifs is 7. The first-order valence-corrected chi connectivity index (χ1v) is 12.6. The third-order valence-electron chi connectivity index (χ3n) is 8.48. The van der Waals surface area contributed by atoms with E-state index in [9.17, 15) is 4.79 Å². The molecule has 1 amide bonds. The highest BCUT2D eigenvalue weighted by molar-refractivity contribution is 5.98. The number of likely N-dealkylation sites (tertiary alicyclic amines) is 1. The Kier molecular flexibility index (Phi) is 5.34. The van der Waals surface area contributed by atoms with Crippen molar-refractivity contribution >= 4 is 16.8 Å². The van der Waals surface area contributed by atoms with Crippen molar-refractivity contribution in [2.45, 2.75) is 57.2 Å². The zero-order chi connectivity index (χ0) is 21.7. The number of hydrogen-bond acceptors (Lipinski definition) is 3. The first kappa shape index (κ1) is 20.5. The van der Waals surface area contributed by atoms with Gasteiger partial charge in [0.05, 0.1) is 12.6 Å². The molecule has 0 N–H and O–H groups in total. The normalized spacial score (nSPS) is 30.0. The number of ether oxygens (including phenoxy) is 1. The summed E-state index contributed by atoms with van der Waals surface area (Å²) < 4.78 is 7.46. The number of rotatable bonds is 4. The van der Waals surface area contributed by atoms with Gasteiger partial charge >= 0.3 is 0 Å². The van der Waals surface area contributed by atoms with E-state index in [-0.39, 0.29) is 5.91 Å². The van der Waals surface area contributed by atoms with Gasteiger partial charge in [0.15, 0.2) is 0 Å². The molecular formula is C27H35N3O2. The molecule has 2 aromatic rings. The molecule has 5 heteroatoms. The summed E-state index contributed by atoms with van der Waals surface area (Å²) in [4.78, 5) is 18.8. The van der Waals surface area contributed by atoms with E-state index in [1.54, 1.807) is 12.7 Å². The van der Waals surface area contributed by atoms with Gasteiger partial charge in [0, 0.05) is 50.1 Å². The maximum absolute atomic E-state index is 13.8. The van der Waals surface area contributed by atoms with Gasteiger partial charge in [-0.05, 0) is 74.1 Å². The molecule has 4 atom stereocenters. The van der Waals surface area contributed by atoms with E-state index in [2.05, 4.69) is 44.8 Å². The van der Waals surface area contributed by atoms with Crippen LogP contribution in [0.15, 0.2) is 42.1 Å². The topological polar surface area (TPSA) is 37.7 Å². The summed E-state index contributed by atoms with van der Waals surface area (Å²) in [7, 11) is 1.73. The Balaban J connectivity index is 1.30. The van der Waals surface area contributed by atoms with Crippen molar-refractivity contribution in [1.82, 2.24) is 14.4 Å². The number of hydrogen-bond donors (Lipinski definition) is 0. The lowest BCUT2D eigenvalue weighted by Crippen LogP contribution is -2.60. The van der Waals surface area contributed by atoms with Gasteiger partial charge in [0.25, 0.3) is 5.91 Å². The molecule has 3 aliphatic heterocycles. The second-order valence-corrected chi connectivity index (χ2v) is 10.3. The SMILES string of the molecule is COCCn1ccc2ccc(C(=O)N3CCCC4=CC5CC(CN6CCCCC56)C43)cc21. The minimum atomic E-state index is 0.209. The van der Waals surface area contributed by atoms with Crippen molar-refractivity contribution in [1.29, 1.82) is 0 Å². The number of piperidine rings is 3. The number of aromatic nitrogens is 1. The molecule has 2 bridgehead atoms. The highest BCUT2D eigenvalue weighted by Crippen LogP contribution is 2.45. The molecule has 4 heterocycles. The van der Waals surface area contributed by atoms with E-state index in [4.69, 9.17) is 4.74 Å². The van der Waals surface area contributed by atoms with Gasteiger partial charge in [-0.1, -0.05) is 24.1 Å². The minimum absolute atomic E-state index is 0.209. The summed E-state index contributed by atoms with van der Waals surface area (Å²) in [5.41, 5.74) is 3.50. The monoisotopic (exact) mass is 433 g/mol. The number of carbonyl (C=O) groups is 1. The van der Waals surface area contributed by atoms with Crippen LogP contribution >= 0.6 is 0 Å². The third-order valence-corrected chi connectivity index (χ3v) is 8.48. The van der Waals surface area contributed by atoms with Crippen LogP contribution in [0.2, 0.25) is 0 Å². The zero-order valence-electron chi connectivity index (χ0n) is 19.2. The van der Waals surface area contributed by atoms with Crippen LogP contribution in [0.1, 0.15) is 48.9 Å². The van der Waals surface area contributed by atoms with Crippen LogP contribution in [0.5, 0.6) is 0 Å². The summed E-state index contributed by atoms with van der Waals surface area (Å²) in [5.74, 6) is 1.50. The van der Waals surface area contributed by atoms with Crippen LogP contribution in [-0.2, 0) is 11.3 Å². The molecule has 170 valence electrons. The van der Waals surface area contributed by atoms with Crippen LogP contribution in [0.25, 0.3) is 10.9 Å². The molecule has 1 aromatic heterocycles. The molecule has 32 heavy (non-hydrogen) atoms. The molecule has 4 unspecified atom stereocenters. The average molecular weight is 434 g/mol. The number of amides is 1. The van der Waals surface area contributed by atoms with Crippen LogP contribution in [0.4, 0.5) is 0 Å². The third kappa shape index (κ3) is 3.41. The Morgan fingerprint density at radius 3 is 3.00 bits per heavy atom. The predicted molar refractivity (Wildman–Crippen MR) is 127 cm³/mol. The fourth-order valence-electron chi connectivity index (χ4n) is 7.07. The molecule has 6 rings (SSSR count). The summed E-state index contributed by atoms with van der Waals surface area (Å²) in [5, 5.41) is 1.18. The molecule has 0 spiro atoms. The maximum atomic E-state index is 13.8. The summed E-state index contributed by atoms with van der Waals surface area (Å²) >= 11 is 0. The first-order chi connectivity index (χ1) is 15.7. The molecule has 3 saturated heterocycles. The minimum Gasteiger partial charge on any atom is -0.383 e. The van der Waals surface area contributed by atoms with Gasteiger partial charge in [0.1, 0.15) is 0 Å². The van der Waals surface area contributed by atoms with Crippen LogP contribution in [-0.4, -0.2) is 65.7 Å². The fourth-order valence-corrected chi connectivity index (χ4v) is 7.07. The van der Waals surface area contributed by atoms with E-state index in [0.29, 0.717) is 24.5 Å². The van der Waals surface area contributed by atoms with Gasteiger partial charge in [-0.25, -0.2) is 0 Å². The van der Waals surface area contributed by atoms with Crippen molar-refractivity contribution in [3.8, 4) is 0 Å². The lowest BCUT2D eigenvalue weighted by molar-refractivity contribution is 0.00148. The highest BCUT2D eigenvalue weighted by atomic mass is 16.5. The quantitative estimate of drug-likeness (QED) is 0.674. The molecular weight excluding hydrogens is 398 g/mol. The van der Waals surface area contributed by atoms with Gasteiger partial charge in [0.2, 0.25) is 0 Å². The standard InChI is InChI=1S/C27H35N3O2/c1-32-14-13-28-12-9-19-7-8-21(17-25(19)28)27(31)30-11-4-5-20-15-22-16-23(26(20)30)18-29-10-3-2-6-24(22)29/h7-9,12,15,17,22-24,26H,2-6,10-11,13-14,16,18H2,1H3. The van der Waals surface area contributed by atoms with Crippen molar-refractivity contribution in [2.24, 2.45) is 11.8 Å². The van der Waals surface area contributed by atoms with Crippen LogP contribution in [0, 0.1) is 11.8 Å². The number of benzene rings is 1. The summed E-state index contributed by atoms with van der Waals surface area (Å²) in [6.07, 6.45) is 12.3. The number of nitrogens with zero attached hydrogens (tertiary/aromatic N) is 3. The molecule has 0 radical (unpaired) electrons. The molecule has 3 fully saturated rings. The molecule has 5 nitrogen and oxygen atoms in total. The predicted octanol–water partition coefficient (Wildman–Crippen LogP) is 4.32. The smallest absolute Gasteiger partial charge is 0.254 e. The lowest BCUT2D eigenvalue weighted by Gasteiger charge is -2.54. The Hall–Kier alpha value is -2.11. The molecule has 1 aliphatic carbocycles. The number of carbonyl (C=O) groups excluding carboxylic acids is 1. The average Bonchev–Trinajstić information content (AvgIpc) is 3.24. The van der Waals surface area contributed by atoms with Crippen molar-refractivity contribution in [3.05, 3.63) is 47.7 Å². The largest absolute Gasteiger partial charge is 0.383 e. The molecule has 1 aromatic carbocycles. The van der Waals surface area contributed by atoms with E-state index >= 15 is 0 Å². The van der Waals surface area contributed by atoms with E-state index in [1.165, 1.54) is 50.6 Å². The van der Waals surface area contributed by atoms with Gasteiger partial charge in [-0.2, -0.15) is 0 Å². The van der Waals surface area contributed by atoms with E-state index in [1.807, 2.05) is 6.07 Å². The zero-order valence-corrected chi connectivity index (χ0v) is 19.2. The van der Waals surface area contributed by atoms with E-state index < -0.39 is 0 Å². The van der Waals surface area contributed by atoms with Crippen molar-refractivity contribution in [3.63, 3.8) is 0 Å². The number of methoxy groups -OCH3 is 1. The van der Waals surface area contributed by atoms with Crippen LogP contribution < -0.4 is 0 Å². The second-order valence-electron chi connectivity index (χ2n) is 10.3. The molecule has 0 saturated carbocycles. The van der Waals surface area contributed by atoms with Crippen molar-refractivity contribution < 1.29 is 9.53 Å². The summed E-state index contributed by atoms with van der Waals surface area (Å²) in [6.45, 7) is 4.78. The molecule has 4 aliphatic rings. The maximum Gasteiger partial charge on any atom is 0.254 e. The lowest BCUT2D eigenvalue weighted by atomic mass is 9.68. The first-order valence-electron chi connectivity index (χ1n) is 12.6.